The predicted molar refractivity (Wildman–Crippen MR) is 200 cm³/mol. The fourth-order valence-electron chi connectivity index (χ4n) is 1.79. The lowest BCUT2D eigenvalue weighted by Gasteiger charge is -2.06. The van der Waals surface area contributed by atoms with Crippen LogP contribution in [0.5, 0.6) is 0 Å². The molecule has 0 bridgehead atoms. The molecule has 0 aromatic carbocycles. The Bertz CT molecular complexity index is 1150. The molecule has 4 unspecified atom stereocenters. The highest BCUT2D eigenvalue weighted by Gasteiger charge is 2.17. The minimum Gasteiger partial charge on any atom is -0.481 e. The Labute approximate surface area is 343 Å². The summed E-state index contributed by atoms with van der Waals surface area (Å²) < 4.78 is 0. The summed E-state index contributed by atoms with van der Waals surface area (Å²) in [4.78, 5) is 116. The fourth-order valence-corrected chi connectivity index (χ4v) is 1.79. The number of carboxylic acid groups (broad SMARTS) is 10. The van der Waals surface area contributed by atoms with Crippen LogP contribution in [0, 0.1) is 11.8 Å². The maximum Gasteiger partial charge on any atom is 0.371 e. The standard InChI is InChI=1S/4C5H10O3.2C4H6O4.2C3H4O3/c2*1-3(2)4(6)5(7)8;2*1-2-3-4(6)5(7)8;2*5-3(6)1-2-4(7)8;2*1-2(4)3(5)6/h2*3-4,6H,1-2H3,(H,7,8);2*4,6H,2-3H2,1H3,(H,7,8);2*1-2H2,(H,5,6)(H,7,8);2*1H3,(H,5,6). The van der Waals surface area contributed by atoms with E-state index in [2.05, 4.69) is 0 Å². The molecule has 0 heterocycles. The van der Waals surface area contributed by atoms with Crippen LogP contribution in [0.25, 0.3) is 0 Å². The van der Waals surface area contributed by atoms with E-state index in [0.29, 0.717) is 25.7 Å². The van der Waals surface area contributed by atoms with Crippen LogP contribution in [0.15, 0.2) is 0 Å². The number of aliphatic hydroxyl groups excluding tert-OH is 4. The molecule has 0 spiro atoms. The quantitative estimate of drug-likeness (QED) is 0.0795. The summed E-state index contributed by atoms with van der Waals surface area (Å²) in [5, 5.41) is 113. The van der Waals surface area contributed by atoms with Crippen molar-refractivity contribution in [3.8, 4) is 0 Å². The van der Waals surface area contributed by atoms with Gasteiger partial charge in [0.2, 0.25) is 11.6 Å². The van der Waals surface area contributed by atoms with Gasteiger partial charge in [0.15, 0.2) is 24.4 Å². The average Bonchev–Trinajstić information content (AvgIpc) is 3.10. The van der Waals surface area contributed by atoms with Gasteiger partial charge in [0.25, 0.3) is 0 Å². The van der Waals surface area contributed by atoms with Gasteiger partial charge in [-0.05, 0) is 24.7 Å². The number of aliphatic hydroxyl groups is 4. The Morgan fingerprint density at radius 1 is 0.367 bits per heavy atom. The van der Waals surface area contributed by atoms with Crippen LogP contribution in [0.2, 0.25) is 0 Å². The summed E-state index contributed by atoms with van der Waals surface area (Å²) in [6.07, 6.45) is -3.86. The van der Waals surface area contributed by atoms with Crippen molar-refractivity contribution >= 4 is 71.3 Å². The summed E-state index contributed by atoms with van der Waals surface area (Å²) >= 11 is 0. The van der Waals surface area contributed by atoms with E-state index in [4.69, 9.17) is 71.5 Å². The normalized spacial score (nSPS) is 11.0. The molecule has 0 fully saturated rings. The zero-order chi connectivity index (χ0) is 50.0. The smallest absolute Gasteiger partial charge is 0.371 e. The lowest BCUT2D eigenvalue weighted by Crippen LogP contribution is -2.25. The van der Waals surface area contributed by atoms with E-state index < -0.39 is 95.7 Å². The van der Waals surface area contributed by atoms with Crippen LogP contribution in [-0.4, -0.2) is 167 Å². The zero-order valence-corrected chi connectivity index (χ0v) is 34.3. The van der Waals surface area contributed by atoms with E-state index in [1.54, 1.807) is 27.7 Å². The molecule has 26 heteroatoms. The summed E-state index contributed by atoms with van der Waals surface area (Å²) in [5.74, 6) is -13.7. The number of carboxylic acids is 10. The Morgan fingerprint density at radius 2 is 0.533 bits per heavy atom. The van der Waals surface area contributed by atoms with Gasteiger partial charge in [0.05, 0.1) is 25.7 Å². The highest BCUT2D eigenvalue weighted by molar-refractivity contribution is 6.31. The molecule has 0 aliphatic heterocycles. The van der Waals surface area contributed by atoms with Gasteiger partial charge in [-0.1, -0.05) is 54.4 Å². The second-order valence-electron chi connectivity index (χ2n) is 11.6. The number of ketones is 2. The molecule has 0 aliphatic rings. The molecule has 14 N–H and O–H groups in total. The summed E-state index contributed by atoms with van der Waals surface area (Å²) in [7, 11) is 0. The van der Waals surface area contributed by atoms with Gasteiger partial charge < -0.3 is 71.5 Å². The Kier molecular flexibility index (Phi) is 54.4. The molecular formula is C34H60O26. The van der Waals surface area contributed by atoms with Gasteiger partial charge in [-0.3, -0.25) is 28.8 Å². The third-order valence-electron chi connectivity index (χ3n) is 5.17. The topological polar surface area (TPSA) is 488 Å². The second-order valence-corrected chi connectivity index (χ2v) is 11.6. The monoisotopic (exact) mass is 884 g/mol. The number of rotatable bonds is 18. The fraction of sp³-hybridized carbons (Fsp3) is 0.647. The minimum atomic E-state index is -1.38. The molecule has 0 saturated carbocycles. The third-order valence-corrected chi connectivity index (χ3v) is 5.17. The number of aliphatic carboxylic acids is 10. The maximum atomic E-state index is 9.89. The number of hydrogen-bond acceptors (Lipinski definition) is 16. The van der Waals surface area contributed by atoms with Crippen LogP contribution >= 0.6 is 0 Å². The van der Waals surface area contributed by atoms with E-state index in [0.717, 1.165) is 13.8 Å². The lowest BCUT2D eigenvalue weighted by molar-refractivity contribution is -0.149. The molecule has 0 aromatic heterocycles. The number of carbonyl (C=O) groups excluding carboxylic acids is 2. The minimum absolute atomic E-state index is 0.201. The van der Waals surface area contributed by atoms with Crippen molar-refractivity contribution in [2.24, 2.45) is 11.8 Å². The van der Waals surface area contributed by atoms with Crippen LogP contribution < -0.4 is 0 Å². The summed E-state index contributed by atoms with van der Waals surface area (Å²) in [6, 6.07) is 0. The van der Waals surface area contributed by atoms with Crippen molar-refractivity contribution < 1.29 is 129 Å². The molecule has 26 nitrogen and oxygen atoms in total. The number of carbonyl (C=O) groups is 12. The first-order valence-electron chi connectivity index (χ1n) is 17.0. The summed E-state index contributed by atoms with van der Waals surface area (Å²) in [6.45, 7) is 12.3. The molecular weight excluding hydrogens is 824 g/mol. The second kappa shape index (κ2) is 45.6. The molecule has 0 aromatic rings. The molecule has 0 radical (unpaired) electrons. The molecule has 60 heavy (non-hydrogen) atoms. The Morgan fingerprint density at radius 3 is 0.567 bits per heavy atom. The molecule has 0 amide bonds. The van der Waals surface area contributed by atoms with E-state index >= 15 is 0 Å². The van der Waals surface area contributed by atoms with Crippen LogP contribution in [0.3, 0.4) is 0 Å². The first-order chi connectivity index (χ1) is 27.0. The van der Waals surface area contributed by atoms with Crippen molar-refractivity contribution in [3.63, 3.8) is 0 Å². The molecule has 352 valence electrons. The SMILES string of the molecule is CC(=O)C(=O)O.CC(=O)C(=O)O.CC(C)C(O)C(=O)O.CC(C)C(O)C(=O)O.CCCC(O)C(=O)O.CCCC(O)C(=O)O.O=C(O)CCC(=O)O.O=C(O)CCC(=O)O. The van der Waals surface area contributed by atoms with Gasteiger partial charge in [-0.2, -0.15) is 0 Å². The highest BCUT2D eigenvalue weighted by atomic mass is 16.4. The van der Waals surface area contributed by atoms with Gasteiger partial charge in [-0.15, -0.1) is 0 Å². The number of Topliss-reactive ketones (excluding diaryl/α,β-unsaturated/α-hetero) is 2. The predicted octanol–water partition coefficient (Wildman–Crippen LogP) is -0.169. The van der Waals surface area contributed by atoms with Crippen molar-refractivity contribution in [2.45, 2.75) is 131 Å². The molecule has 4 atom stereocenters. The first-order valence-corrected chi connectivity index (χ1v) is 17.0. The van der Waals surface area contributed by atoms with Crippen LogP contribution in [0.1, 0.15) is 107 Å². The summed E-state index contributed by atoms with van der Waals surface area (Å²) in [5.41, 5.74) is 0. The van der Waals surface area contributed by atoms with Gasteiger partial charge in [0, 0.05) is 13.8 Å². The van der Waals surface area contributed by atoms with E-state index in [1.807, 2.05) is 13.8 Å². The van der Waals surface area contributed by atoms with Gasteiger partial charge in [0.1, 0.15) is 0 Å². The maximum absolute atomic E-state index is 9.89. The van der Waals surface area contributed by atoms with Crippen LogP contribution in [0.4, 0.5) is 0 Å². The Hall–Kier alpha value is -6.12. The third kappa shape index (κ3) is 76.6. The lowest BCUT2D eigenvalue weighted by atomic mass is 10.1. The van der Waals surface area contributed by atoms with Crippen molar-refractivity contribution in [2.75, 3.05) is 0 Å². The highest BCUT2D eigenvalue weighted by Crippen LogP contribution is 2.00. The number of hydrogen-bond donors (Lipinski definition) is 14. The Balaban J connectivity index is -0.0000000860. The van der Waals surface area contributed by atoms with E-state index in [9.17, 15) is 57.5 Å². The zero-order valence-electron chi connectivity index (χ0n) is 34.3. The van der Waals surface area contributed by atoms with Gasteiger partial charge >= 0.3 is 59.7 Å². The molecule has 0 saturated heterocycles. The van der Waals surface area contributed by atoms with Crippen molar-refractivity contribution in [1.29, 1.82) is 0 Å². The van der Waals surface area contributed by atoms with Crippen LogP contribution in [-0.2, 0) is 57.5 Å². The molecule has 0 aliphatic carbocycles. The van der Waals surface area contributed by atoms with Crippen molar-refractivity contribution in [1.82, 2.24) is 0 Å². The van der Waals surface area contributed by atoms with Crippen molar-refractivity contribution in [3.05, 3.63) is 0 Å². The largest absolute Gasteiger partial charge is 0.481 e. The van der Waals surface area contributed by atoms with E-state index in [-0.39, 0.29) is 37.5 Å². The van der Waals surface area contributed by atoms with E-state index in [1.165, 1.54) is 0 Å². The van der Waals surface area contributed by atoms with Gasteiger partial charge in [-0.25, -0.2) is 28.8 Å². The molecule has 0 rings (SSSR count). The first kappa shape index (κ1) is 71.6. The average molecular weight is 885 g/mol.